The molecule has 31 heavy (non-hydrogen) atoms. The van der Waals surface area contributed by atoms with E-state index in [0.717, 1.165) is 37.8 Å². The monoisotopic (exact) mass is 530 g/mol. The molecule has 0 saturated carbocycles. The van der Waals surface area contributed by atoms with Crippen LogP contribution in [0.15, 0.2) is 78.0 Å². The predicted molar refractivity (Wildman–Crippen MR) is 137 cm³/mol. The summed E-state index contributed by atoms with van der Waals surface area (Å²) in [5, 5.41) is 11.2. The van der Waals surface area contributed by atoms with E-state index in [-0.39, 0.29) is 24.0 Å². The number of aliphatic imine (C=N–C) groups is 1. The van der Waals surface area contributed by atoms with Gasteiger partial charge >= 0.3 is 0 Å². The molecule has 1 aliphatic heterocycles. The molecule has 1 saturated heterocycles. The van der Waals surface area contributed by atoms with Gasteiger partial charge in [-0.25, -0.2) is 4.68 Å². The van der Waals surface area contributed by atoms with E-state index in [1.54, 1.807) is 6.20 Å². The molecule has 2 aromatic carbocycles. The maximum atomic E-state index is 4.42. The van der Waals surface area contributed by atoms with Gasteiger partial charge in [-0.05, 0) is 55.3 Å². The highest BCUT2D eigenvalue weighted by molar-refractivity contribution is 14.0. The Bertz CT molecular complexity index is 918. The molecule has 2 N–H and O–H groups in total. The van der Waals surface area contributed by atoms with Gasteiger partial charge in [-0.2, -0.15) is 5.10 Å². The third kappa shape index (κ3) is 6.30. The van der Waals surface area contributed by atoms with E-state index < -0.39 is 0 Å². The second-order valence-electron chi connectivity index (χ2n) is 7.59. The molecule has 1 fully saturated rings. The van der Waals surface area contributed by atoms with E-state index in [9.17, 15) is 0 Å². The number of rotatable bonds is 7. The Morgan fingerprint density at radius 1 is 1.00 bits per heavy atom. The highest BCUT2D eigenvalue weighted by Crippen LogP contribution is 2.24. The summed E-state index contributed by atoms with van der Waals surface area (Å²) in [5.74, 6) is 0.825. The molecule has 0 radical (unpaired) electrons. The fourth-order valence-corrected chi connectivity index (χ4v) is 3.97. The Hall–Kier alpha value is -2.39. The van der Waals surface area contributed by atoms with Crippen LogP contribution in [0.25, 0.3) is 5.69 Å². The van der Waals surface area contributed by atoms with E-state index >= 15 is 0 Å². The lowest BCUT2D eigenvalue weighted by atomic mass is 10.1. The third-order valence-corrected chi connectivity index (χ3v) is 5.62. The Morgan fingerprint density at radius 3 is 2.39 bits per heavy atom. The Balaban J connectivity index is 0.00000272. The average Bonchev–Trinajstić information content (AvgIpc) is 3.52. The van der Waals surface area contributed by atoms with Gasteiger partial charge in [0.1, 0.15) is 0 Å². The minimum Gasteiger partial charge on any atom is -0.354 e. The third-order valence-electron chi connectivity index (χ3n) is 5.62. The first-order valence-corrected chi connectivity index (χ1v) is 10.7. The van der Waals surface area contributed by atoms with Gasteiger partial charge in [-0.15, -0.1) is 24.0 Å². The molecule has 164 valence electrons. The van der Waals surface area contributed by atoms with Crippen molar-refractivity contribution in [3.63, 3.8) is 0 Å². The van der Waals surface area contributed by atoms with Crippen LogP contribution < -0.4 is 10.6 Å². The average molecular weight is 530 g/mol. The Kier molecular flexibility index (Phi) is 8.90. The van der Waals surface area contributed by atoms with Crippen LogP contribution in [0.2, 0.25) is 0 Å². The molecule has 0 amide bonds. The Labute approximate surface area is 201 Å². The fourth-order valence-electron chi connectivity index (χ4n) is 3.97. The molecule has 2 heterocycles. The lowest BCUT2D eigenvalue weighted by Crippen LogP contribution is -2.42. The highest BCUT2D eigenvalue weighted by Gasteiger charge is 2.23. The molecule has 7 heteroatoms. The lowest BCUT2D eigenvalue weighted by molar-refractivity contribution is 0.245. The topological polar surface area (TPSA) is 57.5 Å². The van der Waals surface area contributed by atoms with Crippen LogP contribution in [0.5, 0.6) is 0 Å². The number of hydrogen-bond donors (Lipinski definition) is 2. The standard InChI is InChI=1S/C24H30N6.HI/c1-25-24(26-18-20-10-12-22(13-11-20)30-17-7-14-28-30)27-19-23(29-15-5-6-16-29)21-8-3-2-4-9-21;/h2-4,7-14,17,23H,5-6,15-16,18-19H2,1H3,(H2,25,26,27);1H. The number of benzene rings is 2. The first-order chi connectivity index (χ1) is 14.8. The quantitative estimate of drug-likeness (QED) is 0.276. The van der Waals surface area contributed by atoms with E-state index in [1.807, 2.05) is 24.0 Å². The van der Waals surface area contributed by atoms with Gasteiger partial charge < -0.3 is 10.6 Å². The van der Waals surface area contributed by atoms with Crippen LogP contribution in [0.4, 0.5) is 0 Å². The van der Waals surface area contributed by atoms with Crippen molar-refractivity contribution in [1.82, 2.24) is 25.3 Å². The summed E-state index contributed by atoms with van der Waals surface area (Å²) in [7, 11) is 1.82. The molecule has 3 aromatic rings. The van der Waals surface area contributed by atoms with Crippen molar-refractivity contribution in [2.24, 2.45) is 4.99 Å². The second kappa shape index (κ2) is 11.9. The van der Waals surface area contributed by atoms with Crippen LogP contribution in [0.3, 0.4) is 0 Å². The van der Waals surface area contributed by atoms with E-state index in [1.165, 1.54) is 24.0 Å². The predicted octanol–water partition coefficient (Wildman–Crippen LogP) is 3.99. The summed E-state index contributed by atoms with van der Waals surface area (Å²) in [5.41, 5.74) is 3.62. The summed E-state index contributed by atoms with van der Waals surface area (Å²) in [6.45, 7) is 3.88. The zero-order valence-corrected chi connectivity index (χ0v) is 20.3. The number of likely N-dealkylation sites (tertiary alicyclic amines) is 1. The van der Waals surface area contributed by atoms with Crippen LogP contribution in [-0.4, -0.2) is 47.3 Å². The fraction of sp³-hybridized carbons (Fsp3) is 0.333. The minimum atomic E-state index is 0. The smallest absolute Gasteiger partial charge is 0.191 e. The van der Waals surface area contributed by atoms with Crippen molar-refractivity contribution in [3.05, 3.63) is 84.2 Å². The summed E-state index contributed by atoms with van der Waals surface area (Å²) in [4.78, 5) is 6.99. The largest absolute Gasteiger partial charge is 0.354 e. The Morgan fingerprint density at radius 2 is 1.74 bits per heavy atom. The van der Waals surface area contributed by atoms with E-state index in [0.29, 0.717) is 6.04 Å². The maximum absolute atomic E-state index is 4.42. The number of nitrogens with one attached hydrogen (secondary N) is 2. The normalized spacial score (nSPS) is 15.3. The second-order valence-corrected chi connectivity index (χ2v) is 7.59. The van der Waals surface area contributed by atoms with Crippen LogP contribution in [0, 0.1) is 0 Å². The van der Waals surface area contributed by atoms with Gasteiger partial charge in [0.15, 0.2) is 5.96 Å². The van der Waals surface area contributed by atoms with Gasteiger partial charge in [0.25, 0.3) is 0 Å². The van der Waals surface area contributed by atoms with Crippen LogP contribution >= 0.6 is 24.0 Å². The zero-order valence-electron chi connectivity index (χ0n) is 17.9. The number of halogens is 1. The SMILES string of the molecule is CN=C(NCc1ccc(-n2cccn2)cc1)NCC(c1ccccc1)N1CCCC1.I. The zero-order chi connectivity index (χ0) is 20.6. The molecule has 1 aliphatic rings. The van der Waals surface area contributed by atoms with Gasteiger partial charge in [-0.1, -0.05) is 42.5 Å². The summed E-state index contributed by atoms with van der Waals surface area (Å²) in [6.07, 6.45) is 6.30. The maximum Gasteiger partial charge on any atom is 0.191 e. The first kappa shape index (κ1) is 23.3. The van der Waals surface area contributed by atoms with Crippen molar-refractivity contribution in [1.29, 1.82) is 0 Å². The lowest BCUT2D eigenvalue weighted by Gasteiger charge is -2.29. The number of guanidine groups is 1. The summed E-state index contributed by atoms with van der Waals surface area (Å²) >= 11 is 0. The first-order valence-electron chi connectivity index (χ1n) is 10.7. The number of nitrogens with zero attached hydrogens (tertiary/aromatic N) is 4. The molecular formula is C24H31IN6. The van der Waals surface area contributed by atoms with E-state index in [4.69, 9.17) is 0 Å². The molecular weight excluding hydrogens is 499 g/mol. The molecule has 0 spiro atoms. The molecule has 4 rings (SSSR count). The van der Waals surface area contributed by atoms with Crippen LogP contribution in [0.1, 0.15) is 30.0 Å². The summed E-state index contributed by atoms with van der Waals surface area (Å²) in [6, 6.07) is 21.5. The highest BCUT2D eigenvalue weighted by atomic mass is 127. The van der Waals surface area contributed by atoms with Gasteiger partial charge in [0.05, 0.1) is 11.7 Å². The minimum absolute atomic E-state index is 0. The van der Waals surface area contributed by atoms with E-state index in [2.05, 4.69) is 80.2 Å². The van der Waals surface area contributed by atoms with Crippen LogP contribution in [-0.2, 0) is 6.54 Å². The van der Waals surface area contributed by atoms with Crippen molar-refractivity contribution < 1.29 is 0 Å². The summed E-state index contributed by atoms with van der Waals surface area (Å²) < 4.78 is 1.86. The van der Waals surface area contributed by atoms with Crippen molar-refractivity contribution in [3.8, 4) is 5.69 Å². The molecule has 1 unspecified atom stereocenters. The number of aromatic nitrogens is 2. The molecule has 0 bridgehead atoms. The van der Waals surface area contributed by atoms with Gasteiger partial charge in [0.2, 0.25) is 0 Å². The molecule has 1 aromatic heterocycles. The molecule has 0 aliphatic carbocycles. The molecule has 6 nitrogen and oxygen atoms in total. The number of hydrogen-bond acceptors (Lipinski definition) is 3. The molecule has 1 atom stereocenters. The van der Waals surface area contributed by atoms with Crippen molar-refractivity contribution in [2.75, 3.05) is 26.7 Å². The van der Waals surface area contributed by atoms with Gasteiger partial charge in [-0.3, -0.25) is 9.89 Å². The van der Waals surface area contributed by atoms with Crippen molar-refractivity contribution in [2.45, 2.75) is 25.4 Å². The van der Waals surface area contributed by atoms with Crippen molar-refractivity contribution >= 4 is 29.9 Å². The van der Waals surface area contributed by atoms with Gasteiger partial charge in [0, 0.05) is 32.5 Å².